The minimum atomic E-state index is 0. The monoisotopic (exact) mass is 439 g/mol. The van der Waals surface area contributed by atoms with Crippen molar-refractivity contribution in [1.82, 2.24) is 0 Å². The van der Waals surface area contributed by atoms with Crippen LogP contribution in [0.1, 0.15) is 6.42 Å². The van der Waals surface area contributed by atoms with Crippen molar-refractivity contribution >= 4 is 28.9 Å². The zero-order valence-corrected chi connectivity index (χ0v) is 17.8. The van der Waals surface area contributed by atoms with Crippen molar-refractivity contribution < 1.29 is 21.9 Å². The summed E-state index contributed by atoms with van der Waals surface area (Å²) in [5.74, 6) is 1.00. The van der Waals surface area contributed by atoms with Gasteiger partial charge in [-0.2, -0.15) is 0 Å². The van der Waals surface area contributed by atoms with Crippen molar-refractivity contribution in [3.8, 4) is 0 Å². The fourth-order valence-electron chi connectivity index (χ4n) is 3.26. The number of fused-ring (bicyclic) bond motifs is 2. The van der Waals surface area contributed by atoms with E-state index in [2.05, 4.69) is 53.4 Å². The molecule has 0 bridgehead atoms. The second-order valence-electron chi connectivity index (χ2n) is 6.50. The molecule has 29 heavy (non-hydrogen) atoms. The molecule has 2 aromatic rings. The maximum atomic E-state index is 12.3. The van der Waals surface area contributed by atoms with Crippen molar-refractivity contribution in [3.63, 3.8) is 0 Å². The Morgan fingerprint density at radius 3 is 1.72 bits per heavy atom. The molecule has 0 unspecified atom stereocenters. The van der Waals surface area contributed by atoms with Crippen LogP contribution in [0, 0.1) is 63.7 Å². The molecule has 0 atom stereocenters. The molecule has 2 aromatic carbocycles. The molecule has 0 aromatic heterocycles. The van der Waals surface area contributed by atoms with Gasteiger partial charge in [0.15, 0.2) is 0 Å². The molecule has 2 saturated carbocycles. The first-order valence-electron chi connectivity index (χ1n) is 9.38. The number of anilines is 2. The number of hydrogen-bond acceptors (Lipinski definition) is 3. The summed E-state index contributed by atoms with van der Waals surface area (Å²) < 4.78 is 0. The number of Topliss-reactive ketones (excluding diaryl/α,β-unsaturated/α-hetero) is 1. The van der Waals surface area contributed by atoms with Crippen molar-refractivity contribution in [3.05, 3.63) is 112 Å². The van der Waals surface area contributed by atoms with Gasteiger partial charge in [-0.15, -0.1) is 0 Å². The summed E-state index contributed by atoms with van der Waals surface area (Å²) in [6, 6.07) is 16.8. The van der Waals surface area contributed by atoms with Gasteiger partial charge in [-0.3, -0.25) is 4.79 Å². The number of carbonyl (C=O) groups is 1. The van der Waals surface area contributed by atoms with Gasteiger partial charge < -0.3 is 4.90 Å². The quantitative estimate of drug-likeness (QED) is 0.573. The minimum absolute atomic E-state index is 0. The summed E-state index contributed by atoms with van der Waals surface area (Å²) in [5, 5.41) is 0. The first kappa shape index (κ1) is 22.5. The van der Waals surface area contributed by atoms with Crippen LogP contribution < -0.4 is 4.90 Å². The Morgan fingerprint density at radius 2 is 1.21 bits per heavy atom. The Bertz CT molecular complexity index is 746. The molecule has 2 nitrogen and oxygen atoms in total. The van der Waals surface area contributed by atoms with Crippen LogP contribution >= 0.6 is 11.8 Å². The topological polar surface area (TPSA) is 20.3 Å². The number of carbonyl (C=O) groups excluding carboxylic acids is 1. The molecule has 0 spiro atoms. The Labute approximate surface area is 190 Å². The van der Waals surface area contributed by atoms with E-state index >= 15 is 0 Å². The molecule has 3 aliphatic rings. The maximum absolute atomic E-state index is 12.3. The summed E-state index contributed by atoms with van der Waals surface area (Å²) >= 11 is 1.79. The molecule has 1 heterocycles. The van der Waals surface area contributed by atoms with Crippen LogP contribution in [-0.4, -0.2) is 12.3 Å². The number of ketones is 1. The zero-order chi connectivity index (χ0) is 19.2. The fourth-order valence-corrected chi connectivity index (χ4v) is 4.36. The first-order chi connectivity index (χ1) is 13.8. The third-order valence-electron chi connectivity index (χ3n) is 4.63. The molecule has 0 N–H and O–H groups in total. The summed E-state index contributed by atoms with van der Waals surface area (Å²) in [6.45, 7) is 0.693. The molecule has 2 fully saturated rings. The van der Waals surface area contributed by atoms with E-state index in [1.165, 1.54) is 21.2 Å². The molecule has 5 rings (SSSR count). The summed E-state index contributed by atoms with van der Waals surface area (Å²) in [6.07, 6.45) is 18.1. The van der Waals surface area contributed by atoms with E-state index in [9.17, 15) is 4.79 Å². The van der Waals surface area contributed by atoms with E-state index in [0.717, 1.165) is 5.92 Å². The maximum Gasteiger partial charge on any atom is 2.00 e. The number of benzene rings is 2. The smallest absolute Gasteiger partial charge is 0.339 e. The van der Waals surface area contributed by atoms with Crippen LogP contribution in [0.4, 0.5) is 11.4 Å². The van der Waals surface area contributed by atoms with E-state index in [0.29, 0.717) is 13.0 Å². The molecule has 0 saturated heterocycles. The third-order valence-corrected chi connectivity index (χ3v) is 5.76. The van der Waals surface area contributed by atoms with Gasteiger partial charge in [0.05, 0.1) is 11.4 Å². The van der Waals surface area contributed by atoms with Crippen LogP contribution in [0.3, 0.4) is 0 Å². The summed E-state index contributed by atoms with van der Waals surface area (Å²) in [5.41, 5.74) is 2.37. The molecule has 0 amide bonds. The molecule has 10 radical (unpaired) electrons. The molecular formula is C25H21FeNOS+2. The van der Waals surface area contributed by atoms with Crippen LogP contribution in [0.2, 0.25) is 0 Å². The molecule has 144 valence electrons. The Morgan fingerprint density at radius 1 is 0.724 bits per heavy atom. The summed E-state index contributed by atoms with van der Waals surface area (Å²) in [7, 11) is 0. The fraction of sp³-hybridized carbons (Fsp3) is 0.0800. The van der Waals surface area contributed by atoms with Gasteiger partial charge in [0, 0.05) is 28.7 Å². The van der Waals surface area contributed by atoms with Crippen LogP contribution in [-0.2, 0) is 21.9 Å². The van der Waals surface area contributed by atoms with Gasteiger partial charge in [-0.1, -0.05) is 36.0 Å². The first-order valence-corrected chi connectivity index (χ1v) is 10.2. The Kier molecular flexibility index (Phi) is 8.71. The van der Waals surface area contributed by atoms with Gasteiger partial charge in [-0.05, 0) is 82.1 Å². The predicted octanol–water partition coefficient (Wildman–Crippen LogP) is 5.67. The van der Waals surface area contributed by atoms with E-state index in [4.69, 9.17) is 0 Å². The van der Waals surface area contributed by atoms with Crippen molar-refractivity contribution in [2.75, 3.05) is 11.4 Å². The molecule has 2 aliphatic carbocycles. The summed E-state index contributed by atoms with van der Waals surface area (Å²) in [4.78, 5) is 17.1. The Balaban J connectivity index is 0.000000352. The molecule has 1 aliphatic heterocycles. The molecule has 4 heteroatoms. The van der Waals surface area contributed by atoms with E-state index in [-0.39, 0.29) is 22.9 Å². The van der Waals surface area contributed by atoms with Crippen LogP contribution in [0.25, 0.3) is 0 Å². The van der Waals surface area contributed by atoms with Crippen molar-refractivity contribution in [2.24, 2.45) is 0 Å². The van der Waals surface area contributed by atoms with Crippen LogP contribution in [0.15, 0.2) is 58.3 Å². The zero-order valence-electron chi connectivity index (χ0n) is 15.8. The normalized spacial score (nSPS) is 17.6. The van der Waals surface area contributed by atoms with Crippen molar-refractivity contribution in [2.45, 2.75) is 16.2 Å². The van der Waals surface area contributed by atoms with E-state index in [1.807, 2.05) is 57.8 Å². The van der Waals surface area contributed by atoms with Gasteiger partial charge in [0.25, 0.3) is 0 Å². The van der Waals surface area contributed by atoms with Crippen LogP contribution in [0.5, 0.6) is 0 Å². The number of para-hydroxylation sites is 2. The SMILES string of the molecule is O=C(CCN1c2ccccc2Sc2ccccc21)[C]1[CH][CH][CH][CH]1.[CH]1[CH][CH][CH][CH]1.[Fe+2]. The largest absolute Gasteiger partial charge is 2.00 e. The van der Waals surface area contributed by atoms with E-state index < -0.39 is 0 Å². The second-order valence-corrected chi connectivity index (χ2v) is 7.58. The van der Waals surface area contributed by atoms with Gasteiger partial charge in [-0.25, -0.2) is 0 Å². The van der Waals surface area contributed by atoms with Gasteiger partial charge in [0.2, 0.25) is 0 Å². The third kappa shape index (κ3) is 5.69. The second kappa shape index (κ2) is 11.2. The average molecular weight is 439 g/mol. The number of nitrogens with zero attached hydrogens (tertiary/aromatic N) is 1. The Hall–Kier alpha value is -1.22. The van der Waals surface area contributed by atoms with Crippen molar-refractivity contribution in [1.29, 1.82) is 0 Å². The number of hydrogen-bond donors (Lipinski definition) is 0. The van der Waals surface area contributed by atoms with Gasteiger partial charge in [0.1, 0.15) is 5.78 Å². The standard InChI is InChI=1S/C20H16NOS.C5H5.Fe/c22-18(15-7-1-2-8-15)13-14-21-16-9-3-5-11-19(16)23-20-12-6-4-10-17(20)21;1-2-4-5-3-1;/h1-12H,13-14H2;1-5H;/q;;+2. The predicted molar refractivity (Wildman–Crippen MR) is 116 cm³/mol. The average Bonchev–Trinajstić information content (AvgIpc) is 3.48. The van der Waals surface area contributed by atoms with Gasteiger partial charge >= 0.3 is 17.1 Å². The molecular weight excluding hydrogens is 418 g/mol. The minimum Gasteiger partial charge on any atom is -0.339 e. The number of rotatable bonds is 4. The van der Waals surface area contributed by atoms with E-state index in [1.54, 1.807) is 11.8 Å².